The number of carboxylic acids is 1. The molecule has 0 unspecified atom stereocenters. The summed E-state index contributed by atoms with van der Waals surface area (Å²) in [4.78, 5) is 30.4. The van der Waals surface area contributed by atoms with Gasteiger partial charge in [-0.15, -0.1) is 0 Å². The number of nitrogens with two attached hydrogens (primary N) is 1. The monoisotopic (exact) mass is 565 g/mol. The number of allylic oxidation sites excluding steroid dienone is 4. The number of carbonyl (C=O) groups excluding carboxylic acids is 1. The second kappa shape index (κ2) is 14.8. The van der Waals surface area contributed by atoms with E-state index in [0.717, 1.165) is 29.0 Å². The molecule has 3 rings (SSSR count). The summed E-state index contributed by atoms with van der Waals surface area (Å²) in [6.07, 6.45) is 12.5. The average molecular weight is 566 g/mol. The van der Waals surface area contributed by atoms with Crippen LogP contribution in [-0.2, 0) is 29.0 Å². The highest BCUT2D eigenvalue weighted by molar-refractivity contribution is 5.92. The molecular formula is C33H47N3O5. The molecule has 0 saturated heterocycles. The zero-order valence-corrected chi connectivity index (χ0v) is 25.9. The molecule has 0 saturated carbocycles. The number of hydrogen-bond donors (Lipinski definition) is 2. The van der Waals surface area contributed by atoms with E-state index in [0.29, 0.717) is 24.7 Å². The number of carbonyl (C=O) groups is 2. The van der Waals surface area contributed by atoms with E-state index >= 15 is 0 Å². The molecule has 41 heavy (non-hydrogen) atoms. The maximum atomic E-state index is 12.7. The van der Waals surface area contributed by atoms with Crippen molar-refractivity contribution in [2.24, 2.45) is 11.1 Å². The summed E-state index contributed by atoms with van der Waals surface area (Å²) in [6.45, 7) is 16.8. The van der Waals surface area contributed by atoms with Crippen LogP contribution in [0, 0.1) is 12.3 Å². The Labute approximate surface area is 245 Å². The minimum atomic E-state index is -1.01. The van der Waals surface area contributed by atoms with Gasteiger partial charge < -0.3 is 24.9 Å². The highest BCUT2D eigenvalue weighted by atomic mass is 16.5. The van der Waals surface area contributed by atoms with Gasteiger partial charge in [-0.3, -0.25) is 4.79 Å². The van der Waals surface area contributed by atoms with Crippen LogP contribution in [0.15, 0.2) is 53.0 Å². The molecule has 0 radical (unpaired) electrons. The number of aliphatic carboxylic acids is 1. The molecule has 1 aliphatic rings. The van der Waals surface area contributed by atoms with Crippen molar-refractivity contribution in [3.8, 4) is 5.75 Å². The van der Waals surface area contributed by atoms with E-state index in [9.17, 15) is 14.7 Å². The van der Waals surface area contributed by atoms with Crippen molar-refractivity contribution in [2.45, 2.75) is 92.8 Å². The Morgan fingerprint density at radius 2 is 1.88 bits per heavy atom. The Hall–Kier alpha value is -3.65. The maximum absolute atomic E-state index is 12.7. The lowest BCUT2D eigenvalue weighted by molar-refractivity contribution is -0.149. The van der Waals surface area contributed by atoms with Crippen LogP contribution in [-0.4, -0.2) is 45.1 Å². The second-order valence-electron chi connectivity index (χ2n) is 12.0. The fourth-order valence-electron chi connectivity index (χ4n) is 3.88. The highest BCUT2D eigenvalue weighted by Gasteiger charge is 2.33. The molecule has 3 N–H and O–H groups in total. The third kappa shape index (κ3) is 11.4. The van der Waals surface area contributed by atoms with Crippen LogP contribution in [0.2, 0.25) is 0 Å². The minimum absolute atomic E-state index is 0. The topological polar surface area (TPSA) is 119 Å². The number of benzene rings is 1. The zero-order valence-electron chi connectivity index (χ0n) is 25.9. The number of aromatic nitrogens is 1. The van der Waals surface area contributed by atoms with E-state index < -0.39 is 12.0 Å². The molecule has 8 heteroatoms. The maximum Gasteiger partial charge on any atom is 0.326 e. The van der Waals surface area contributed by atoms with Crippen molar-refractivity contribution >= 4 is 18.0 Å². The molecule has 1 aromatic carbocycles. The zero-order chi connectivity index (χ0) is 30.8. The van der Waals surface area contributed by atoms with Crippen molar-refractivity contribution in [3.05, 3.63) is 77.1 Å². The van der Waals surface area contributed by atoms with Crippen LogP contribution in [0.25, 0.3) is 6.08 Å². The average Bonchev–Trinajstić information content (AvgIpc) is 3.25. The molecule has 0 fully saturated rings. The normalized spacial score (nSPS) is 15.7. The lowest BCUT2D eigenvalue weighted by Gasteiger charge is -2.34. The standard InChI is InChI=1S/C29H36N2O5.C4H11N/c1-6-8-9-10-27(32)31-19-22-17-23(12-11-21(22)18-25(31)28(33)34)35-16-14-24-20(3)36-26(30-24)13-15-29(4,5)7-2;1-4(2,3)5/h6,8-13,15,17,25H,7,14,16,18-19H2,1-5H3,(H,33,34);5H2,1-3H3/b8-6+,10-9+,15-13+;/t25-;/m0./s1. The first kappa shape index (κ1) is 33.6. The molecule has 2 heterocycles. The van der Waals surface area contributed by atoms with E-state index in [1.807, 2.05) is 58.9 Å². The molecule has 8 nitrogen and oxygen atoms in total. The Bertz CT molecular complexity index is 1260. The minimum Gasteiger partial charge on any atom is -0.493 e. The summed E-state index contributed by atoms with van der Waals surface area (Å²) < 4.78 is 11.8. The van der Waals surface area contributed by atoms with Crippen LogP contribution in [0.4, 0.5) is 0 Å². The fourth-order valence-corrected chi connectivity index (χ4v) is 3.88. The first-order valence-corrected chi connectivity index (χ1v) is 14.1. The molecule has 1 atom stereocenters. The van der Waals surface area contributed by atoms with Gasteiger partial charge in [-0.25, -0.2) is 9.78 Å². The van der Waals surface area contributed by atoms with E-state index in [1.54, 1.807) is 18.2 Å². The van der Waals surface area contributed by atoms with Crippen molar-refractivity contribution < 1.29 is 23.8 Å². The van der Waals surface area contributed by atoms with Crippen LogP contribution in [0.5, 0.6) is 5.75 Å². The SMILES string of the molecule is C/C=C/C=C/C(=O)N1Cc2cc(OCCc3nc(/C=C/C(C)(C)CC)oc3C)ccc2C[C@H]1C(=O)O.CC(C)(C)N. The van der Waals surface area contributed by atoms with Crippen LogP contribution in [0.3, 0.4) is 0 Å². The van der Waals surface area contributed by atoms with Crippen molar-refractivity contribution in [2.75, 3.05) is 6.61 Å². The van der Waals surface area contributed by atoms with Crippen LogP contribution < -0.4 is 10.5 Å². The molecule has 0 aliphatic carbocycles. The predicted molar refractivity (Wildman–Crippen MR) is 164 cm³/mol. The third-order valence-corrected chi connectivity index (χ3v) is 6.52. The van der Waals surface area contributed by atoms with Gasteiger partial charge in [0.05, 0.1) is 12.3 Å². The molecule has 1 aromatic heterocycles. The van der Waals surface area contributed by atoms with E-state index in [1.165, 1.54) is 11.0 Å². The van der Waals surface area contributed by atoms with Crippen molar-refractivity contribution in [3.63, 3.8) is 0 Å². The second-order valence-corrected chi connectivity index (χ2v) is 12.0. The molecule has 1 aliphatic heterocycles. The lowest BCUT2D eigenvalue weighted by atomic mass is 9.90. The summed E-state index contributed by atoms with van der Waals surface area (Å²) in [5.41, 5.74) is 8.10. The number of rotatable bonds is 10. The molecule has 2 aromatic rings. The number of amides is 1. The van der Waals surface area contributed by atoms with Crippen molar-refractivity contribution in [1.82, 2.24) is 9.88 Å². The summed E-state index contributed by atoms with van der Waals surface area (Å²) in [7, 11) is 0. The van der Waals surface area contributed by atoms with E-state index in [2.05, 4.69) is 31.8 Å². The summed E-state index contributed by atoms with van der Waals surface area (Å²) in [6, 6.07) is 4.73. The first-order valence-electron chi connectivity index (χ1n) is 14.1. The number of nitrogens with zero attached hydrogens (tertiary/aromatic N) is 2. The quantitative estimate of drug-likeness (QED) is 0.257. The smallest absolute Gasteiger partial charge is 0.326 e. The summed E-state index contributed by atoms with van der Waals surface area (Å²) in [5, 5.41) is 9.67. The van der Waals surface area contributed by atoms with Crippen LogP contribution >= 0.6 is 0 Å². The van der Waals surface area contributed by atoms with Crippen molar-refractivity contribution in [1.29, 1.82) is 0 Å². The van der Waals surface area contributed by atoms with Gasteiger partial charge in [0.2, 0.25) is 11.8 Å². The van der Waals surface area contributed by atoms with Crippen LogP contribution in [0.1, 0.15) is 83.4 Å². The summed E-state index contributed by atoms with van der Waals surface area (Å²) in [5.74, 6) is 0.706. The van der Waals surface area contributed by atoms with Gasteiger partial charge >= 0.3 is 5.97 Å². The first-order chi connectivity index (χ1) is 19.1. The number of ether oxygens (including phenoxy) is 1. The largest absolute Gasteiger partial charge is 0.493 e. The van der Waals surface area contributed by atoms with Gasteiger partial charge in [-0.2, -0.15) is 0 Å². The molecule has 0 bridgehead atoms. The van der Waals surface area contributed by atoms with Gasteiger partial charge in [0.25, 0.3) is 0 Å². The predicted octanol–water partition coefficient (Wildman–Crippen LogP) is 6.27. The van der Waals surface area contributed by atoms with Gasteiger partial charge in [0.1, 0.15) is 17.6 Å². The van der Waals surface area contributed by atoms with Gasteiger partial charge in [-0.05, 0) is 75.8 Å². The Morgan fingerprint density at radius 1 is 1.20 bits per heavy atom. The number of aryl methyl sites for hydroxylation is 1. The number of oxazole rings is 1. The summed E-state index contributed by atoms with van der Waals surface area (Å²) >= 11 is 0. The number of fused-ring (bicyclic) bond motifs is 1. The van der Waals surface area contributed by atoms with Gasteiger partial charge in [-0.1, -0.05) is 51.1 Å². The lowest BCUT2D eigenvalue weighted by Crippen LogP contribution is -2.48. The van der Waals surface area contributed by atoms with E-state index in [-0.39, 0.29) is 29.8 Å². The van der Waals surface area contributed by atoms with Gasteiger partial charge in [0, 0.05) is 31.0 Å². The Balaban J connectivity index is 0.00000108. The molecular weight excluding hydrogens is 518 g/mol. The number of hydrogen-bond acceptors (Lipinski definition) is 6. The molecule has 0 spiro atoms. The number of carboxylic acid groups (broad SMARTS) is 1. The van der Waals surface area contributed by atoms with Gasteiger partial charge in [0.15, 0.2) is 0 Å². The fraction of sp³-hybridized carbons (Fsp3) is 0.485. The highest BCUT2D eigenvalue weighted by Crippen LogP contribution is 2.28. The molecule has 1 amide bonds. The van der Waals surface area contributed by atoms with E-state index in [4.69, 9.17) is 14.9 Å². The third-order valence-electron chi connectivity index (χ3n) is 6.52. The molecule has 224 valence electrons. The Kier molecular flexibility index (Phi) is 12.1. The Morgan fingerprint density at radius 3 is 2.49 bits per heavy atom.